The number of pyridine rings is 1. The Balaban J connectivity index is 2.00. The van der Waals surface area contributed by atoms with Crippen LogP contribution in [0.3, 0.4) is 0 Å². The minimum atomic E-state index is -2.07. The summed E-state index contributed by atoms with van der Waals surface area (Å²) in [5.41, 5.74) is -3.01. The third kappa shape index (κ3) is 7.13. The Morgan fingerprint density at radius 1 is 1.05 bits per heavy atom. The second-order valence-electron chi connectivity index (χ2n) is 10.5. The summed E-state index contributed by atoms with van der Waals surface area (Å²) in [6.07, 6.45) is 0.493. The van der Waals surface area contributed by atoms with Crippen molar-refractivity contribution in [3.8, 4) is 0 Å². The van der Waals surface area contributed by atoms with Crippen molar-refractivity contribution in [1.29, 1.82) is 0 Å². The number of hydrogen-bond acceptors (Lipinski definition) is 10. The molecule has 1 aromatic heterocycles. The number of rotatable bonds is 6. The molecule has 222 valence electrons. The molecule has 2 heterocycles. The monoisotopic (exact) mass is 579 g/mol. The number of piperazine rings is 1. The largest absolute Gasteiger partial charge is 0.870 e. The second-order valence-corrected chi connectivity index (χ2v) is 10.5. The third-order valence-corrected chi connectivity index (χ3v) is 6.08. The van der Waals surface area contributed by atoms with Crippen molar-refractivity contribution in [2.75, 3.05) is 24.5 Å². The molecular formula is C26H32BF2N3O9. The smallest absolute Gasteiger partial charge is 0.462 e. The number of halogens is 2. The molecule has 12 nitrogen and oxygen atoms in total. The predicted octanol–water partition coefficient (Wildman–Crippen LogP) is 3.01. The van der Waals surface area contributed by atoms with Crippen LogP contribution >= 0.6 is 0 Å². The Bertz CT molecular complexity index is 1420. The fourth-order valence-corrected chi connectivity index (χ4v) is 4.41. The van der Waals surface area contributed by atoms with Crippen molar-refractivity contribution < 1.29 is 46.7 Å². The van der Waals surface area contributed by atoms with Crippen molar-refractivity contribution in [2.45, 2.75) is 66.7 Å². The van der Waals surface area contributed by atoms with E-state index in [0.29, 0.717) is 0 Å². The number of aromatic nitrogens is 1. The Hall–Kier alpha value is -4.17. The normalized spacial score (nSPS) is 15.4. The van der Waals surface area contributed by atoms with Gasteiger partial charge in [-0.2, -0.15) is 0 Å². The lowest BCUT2D eigenvalue weighted by Crippen LogP contribution is -2.55. The molecule has 0 N–H and O–H groups in total. The average Bonchev–Trinajstić information content (AvgIpc) is 2.83. The molecule has 15 heteroatoms. The van der Waals surface area contributed by atoms with E-state index >= 15 is 8.78 Å². The van der Waals surface area contributed by atoms with Gasteiger partial charge in [0, 0.05) is 52.3 Å². The molecule has 0 aliphatic carbocycles. The molecule has 1 saturated heterocycles. The molecule has 1 aliphatic heterocycles. The van der Waals surface area contributed by atoms with Crippen LogP contribution in [0.1, 0.15) is 58.8 Å². The van der Waals surface area contributed by atoms with Gasteiger partial charge >= 0.3 is 19.4 Å². The van der Waals surface area contributed by atoms with Crippen molar-refractivity contribution in [3.63, 3.8) is 0 Å². The highest BCUT2D eigenvalue weighted by molar-refractivity contribution is 6.44. The van der Waals surface area contributed by atoms with E-state index < -0.39 is 71.0 Å². The molecule has 1 aliphatic rings. The van der Waals surface area contributed by atoms with Crippen LogP contribution in [0, 0.1) is 11.6 Å². The van der Waals surface area contributed by atoms with Crippen LogP contribution in [-0.2, 0) is 34.8 Å². The van der Waals surface area contributed by atoms with Crippen molar-refractivity contribution in [2.24, 2.45) is 0 Å². The maximum absolute atomic E-state index is 16.0. The molecule has 1 aromatic carbocycles. The van der Waals surface area contributed by atoms with Gasteiger partial charge in [-0.1, -0.05) is 0 Å². The number of carbonyl (C=O) groups is 4. The zero-order valence-corrected chi connectivity index (χ0v) is 23.9. The van der Waals surface area contributed by atoms with Gasteiger partial charge in [0.15, 0.2) is 5.82 Å². The van der Waals surface area contributed by atoms with Crippen molar-refractivity contribution >= 4 is 47.9 Å². The highest BCUT2D eigenvalue weighted by Crippen LogP contribution is 2.32. The lowest BCUT2D eigenvalue weighted by Gasteiger charge is -2.41. The summed E-state index contributed by atoms with van der Waals surface area (Å²) in [5, 5.41) is -0.434. The summed E-state index contributed by atoms with van der Waals surface area (Å²) in [5.74, 6) is -5.29. The van der Waals surface area contributed by atoms with Gasteiger partial charge in [-0.15, -0.1) is 0 Å². The maximum Gasteiger partial charge on any atom is 0.870 e. The third-order valence-electron chi connectivity index (χ3n) is 6.08. The lowest BCUT2D eigenvalue weighted by atomic mass is 10.1. The quantitative estimate of drug-likeness (QED) is 0.471. The Morgan fingerprint density at radius 3 is 2.17 bits per heavy atom. The number of aryl methyl sites for hydroxylation is 1. The van der Waals surface area contributed by atoms with Gasteiger partial charge in [-0.25, -0.2) is 18.4 Å². The molecule has 1 unspecified atom stereocenters. The first-order chi connectivity index (χ1) is 19.0. The molecule has 3 rings (SSSR count). The zero-order chi connectivity index (χ0) is 30.8. The maximum atomic E-state index is 16.0. The molecule has 2 aromatic rings. The molecule has 1 atom stereocenters. The van der Waals surface area contributed by atoms with Gasteiger partial charge in [0.2, 0.25) is 5.43 Å². The highest BCUT2D eigenvalue weighted by atomic mass is 19.1. The number of nitrogens with zero attached hydrogens (tertiary/aromatic N) is 3. The van der Waals surface area contributed by atoms with E-state index in [9.17, 15) is 24.0 Å². The summed E-state index contributed by atoms with van der Waals surface area (Å²) >= 11 is 0. The van der Waals surface area contributed by atoms with E-state index in [1.165, 1.54) is 14.4 Å². The molecule has 0 spiro atoms. The number of ether oxygens (including phenoxy) is 1. The van der Waals surface area contributed by atoms with Crippen LogP contribution < -0.4 is 10.3 Å². The predicted molar refractivity (Wildman–Crippen MR) is 143 cm³/mol. The van der Waals surface area contributed by atoms with Gasteiger partial charge in [0.25, 0.3) is 11.9 Å². The van der Waals surface area contributed by atoms with E-state index in [1.54, 1.807) is 34.6 Å². The first-order valence-electron chi connectivity index (χ1n) is 12.9. The van der Waals surface area contributed by atoms with Gasteiger partial charge in [-0.05, 0) is 40.7 Å². The lowest BCUT2D eigenvalue weighted by molar-refractivity contribution is -0.139. The van der Waals surface area contributed by atoms with E-state index in [4.69, 9.17) is 9.39 Å². The molecular weight excluding hydrogens is 547 g/mol. The summed E-state index contributed by atoms with van der Waals surface area (Å²) in [7, 11) is -2.07. The van der Waals surface area contributed by atoms with Crippen molar-refractivity contribution in [3.05, 3.63) is 39.7 Å². The molecule has 41 heavy (non-hydrogen) atoms. The number of amides is 1. The topological polar surface area (TPSA) is 134 Å². The number of anilines is 1. The number of hydrogen-bond donors (Lipinski definition) is 0. The number of fused-ring (bicyclic) bond motifs is 1. The van der Waals surface area contributed by atoms with Gasteiger partial charge in [-0.3, -0.25) is 14.4 Å². The summed E-state index contributed by atoms with van der Waals surface area (Å²) in [4.78, 5) is 64.0. The minimum absolute atomic E-state index is 0.0678. The Kier molecular flexibility index (Phi) is 9.29. The van der Waals surface area contributed by atoms with E-state index in [0.717, 1.165) is 26.1 Å². The van der Waals surface area contributed by atoms with Gasteiger partial charge < -0.3 is 33.1 Å². The fraction of sp³-hybridized carbons (Fsp3) is 0.500. The van der Waals surface area contributed by atoms with Crippen LogP contribution in [0.25, 0.3) is 10.9 Å². The van der Waals surface area contributed by atoms with E-state index in [1.807, 2.05) is 0 Å². The first kappa shape index (κ1) is 31.4. The van der Waals surface area contributed by atoms with Crippen molar-refractivity contribution in [1.82, 2.24) is 9.47 Å². The minimum Gasteiger partial charge on any atom is -0.462 e. The standard InChI is InChI=1S/C26H32BF2N3O9/c1-8-30-13-18(24(36)41-27(39-15(3)33)40-16(4)34)23(35)17-11-19(28)22(20(29)21(17)30)32-10-9-31(12-14(32)2)25(37)38-26(5,6)7/h11,13-14H,8-10,12H2,1-7H3. The highest BCUT2D eigenvalue weighted by Gasteiger charge is 2.37. The zero-order valence-electron chi connectivity index (χ0n) is 23.9. The van der Waals surface area contributed by atoms with Crippen LogP contribution in [0.4, 0.5) is 19.3 Å². The number of carbonyl (C=O) groups excluding carboxylic acids is 4. The first-order valence-corrected chi connectivity index (χ1v) is 12.9. The summed E-state index contributed by atoms with van der Waals surface area (Å²) in [6.45, 7) is 10.9. The Morgan fingerprint density at radius 2 is 1.66 bits per heavy atom. The van der Waals surface area contributed by atoms with Gasteiger partial charge in [0.1, 0.15) is 22.7 Å². The van der Waals surface area contributed by atoms with Crippen LogP contribution in [0.15, 0.2) is 17.1 Å². The van der Waals surface area contributed by atoms with Crippen LogP contribution in [0.2, 0.25) is 0 Å². The molecule has 0 bridgehead atoms. The number of benzene rings is 1. The molecule has 0 saturated carbocycles. The van der Waals surface area contributed by atoms with E-state index in [2.05, 4.69) is 9.31 Å². The SMILES string of the molecule is CCn1cc(C(=O)OB(OC(C)=O)OC(C)=O)c(=O)c2cc(F)c(N3CCN(C(=O)OC(C)(C)C)CC3C)c(F)c21. The summed E-state index contributed by atoms with van der Waals surface area (Å²) in [6, 6.07) is 0.329. The van der Waals surface area contributed by atoms with Crippen LogP contribution in [0.5, 0.6) is 0 Å². The summed E-state index contributed by atoms with van der Waals surface area (Å²) < 4.78 is 52.3. The van der Waals surface area contributed by atoms with E-state index in [-0.39, 0.29) is 37.4 Å². The molecule has 0 radical (unpaired) electrons. The van der Waals surface area contributed by atoms with Crippen LogP contribution in [-0.4, -0.2) is 72.1 Å². The Labute approximate surface area is 235 Å². The average molecular weight is 579 g/mol. The fourth-order valence-electron chi connectivity index (χ4n) is 4.41. The second kappa shape index (κ2) is 12.1. The molecule has 1 amide bonds. The van der Waals surface area contributed by atoms with Gasteiger partial charge in [0.05, 0.1) is 10.9 Å². The molecule has 1 fully saturated rings.